The van der Waals surface area contributed by atoms with Gasteiger partial charge in [0, 0.05) is 12.1 Å². The number of aliphatic hydroxyl groups excluding tert-OH is 3. The van der Waals surface area contributed by atoms with Crippen LogP contribution in [0.15, 0.2) is 36.4 Å². The molecule has 0 unspecified atom stereocenters. The van der Waals surface area contributed by atoms with Crippen LogP contribution in [0.2, 0.25) is 0 Å². The van der Waals surface area contributed by atoms with Crippen molar-refractivity contribution in [1.82, 2.24) is 0 Å². The van der Waals surface area contributed by atoms with Crippen LogP contribution >= 0.6 is 0 Å². The first kappa shape index (κ1) is 19.2. The third kappa shape index (κ3) is 4.42. The number of phenols is 3. The summed E-state index contributed by atoms with van der Waals surface area (Å²) in [6, 6.07) is 8.82. The Morgan fingerprint density at radius 1 is 0.852 bits per heavy atom. The van der Waals surface area contributed by atoms with E-state index in [9.17, 15) is 30.6 Å². The van der Waals surface area contributed by atoms with Crippen molar-refractivity contribution in [3.05, 3.63) is 47.5 Å². The van der Waals surface area contributed by atoms with E-state index in [0.717, 1.165) is 0 Å². The van der Waals surface area contributed by atoms with Crippen molar-refractivity contribution in [2.24, 2.45) is 0 Å². The molecule has 2 aromatic rings. The fraction of sp³-hybridized carbons (Fsp3) is 0.368. The SMILES string of the molecule is Oc1ccc(CCc2ccc(O)cc2O[C@@H]2OC[C@@H](O)[C@H](O)[C@H]2O)c(O)c1. The lowest BCUT2D eigenvalue weighted by Gasteiger charge is -2.35. The zero-order chi connectivity index (χ0) is 19.6. The molecule has 0 amide bonds. The third-order valence-electron chi connectivity index (χ3n) is 4.48. The van der Waals surface area contributed by atoms with Gasteiger partial charge in [-0.15, -0.1) is 0 Å². The molecule has 1 aliphatic rings. The van der Waals surface area contributed by atoms with Gasteiger partial charge in [0.2, 0.25) is 6.29 Å². The summed E-state index contributed by atoms with van der Waals surface area (Å²) in [7, 11) is 0. The van der Waals surface area contributed by atoms with Gasteiger partial charge in [0.25, 0.3) is 0 Å². The summed E-state index contributed by atoms with van der Waals surface area (Å²) in [4.78, 5) is 0. The van der Waals surface area contributed by atoms with E-state index in [1.165, 1.54) is 24.3 Å². The molecule has 2 aromatic carbocycles. The lowest BCUT2D eigenvalue weighted by molar-refractivity contribution is -0.242. The number of hydrogen-bond donors (Lipinski definition) is 6. The molecule has 1 heterocycles. The summed E-state index contributed by atoms with van der Waals surface area (Å²) in [6.45, 7) is -0.196. The van der Waals surface area contributed by atoms with E-state index in [1.54, 1.807) is 12.1 Å². The van der Waals surface area contributed by atoms with Crippen molar-refractivity contribution in [2.45, 2.75) is 37.4 Å². The number of benzene rings is 2. The molecule has 146 valence electrons. The quantitative estimate of drug-likeness (QED) is 0.440. The number of ether oxygens (including phenoxy) is 2. The second kappa shape index (κ2) is 8.01. The summed E-state index contributed by atoms with van der Waals surface area (Å²) >= 11 is 0. The van der Waals surface area contributed by atoms with Crippen LogP contribution in [-0.4, -0.2) is 61.8 Å². The van der Waals surface area contributed by atoms with E-state index in [-0.39, 0.29) is 29.6 Å². The van der Waals surface area contributed by atoms with Gasteiger partial charge in [-0.25, -0.2) is 0 Å². The Morgan fingerprint density at radius 3 is 2.19 bits per heavy atom. The number of rotatable bonds is 5. The first-order valence-corrected chi connectivity index (χ1v) is 8.50. The van der Waals surface area contributed by atoms with Gasteiger partial charge in [0.15, 0.2) is 0 Å². The molecule has 0 aliphatic carbocycles. The van der Waals surface area contributed by atoms with Crippen LogP contribution in [0.25, 0.3) is 0 Å². The lowest BCUT2D eigenvalue weighted by atomic mass is 10.0. The van der Waals surface area contributed by atoms with Crippen LogP contribution in [-0.2, 0) is 17.6 Å². The molecule has 6 N–H and O–H groups in total. The average Bonchev–Trinajstić information content (AvgIpc) is 2.63. The number of hydrogen-bond acceptors (Lipinski definition) is 8. The topological polar surface area (TPSA) is 140 Å². The maximum atomic E-state index is 10.0. The summed E-state index contributed by atoms with van der Waals surface area (Å²) in [6.07, 6.45) is -4.40. The highest BCUT2D eigenvalue weighted by Gasteiger charge is 2.39. The van der Waals surface area contributed by atoms with Crippen LogP contribution in [0.1, 0.15) is 11.1 Å². The molecular weight excluding hydrogens is 356 g/mol. The Morgan fingerprint density at radius 2 is 1.48 bits per heavy atom. The van der Waals surface area contributed by atoms with Crippen LogP contribution in [0.5, 0.6) is 23.0 Å². The first-order valence-electron chi connectivity index (χ1n) is 8.50. The van der Waals surface area contributed by atoms with Gasteiger partial charge in [-0.05, 0) is 36.1 Å². The van der Waals surface area contributed by atoms with Crippen molar-refractivity contribution in [1.29, 1.82) is 0 Å². The Hall–Kier alpha value is -2.52. The Bertz CT molecular complexity index is 793. The summed E-state index contributed by atoms with van der Waals surface area (Å²) in [5.74, 6) is 0.140. The minimum Gasteiger partial charge on any atom is -0.508 e. The van der Waals surface area contributed by atoms with Gasteiger partial charge in [0.05, 0.1) is 6.61 Å². The van der Waals surface area contributed by atoms with E-state index in [4.69, 9.17) is 9.47 Å². The zero-order valence-electron chi connectivity index (χ0n) is 14.4. The summed E-state index contributed by atoms with van der Waals surface area (Å²) in [5, 5.41) is 58.3. The molecule has 4 atom stereocenters. The number of aromatic hydroxyl groups is 3. The third-order valence-corrected chi connectivity index (χ3v) is 4.48. The van der Waals surface area contributed by atoms with Crippen LogP contribution in [0.3, 0.4) is 0 Å². The molecule has 8 nitrogen and oxygen atoms in total. The highest BCUT2D eigenvalue weighted by atomic mass is 16.7. The zero-order valence-corrected chi connectivity index (χ0v) is 14.4. The maximum absolute atomic E-state index is 10.0. The molecule has 1 fully saturated rings. The van der Waals surface area contributed by atoms with E-state index in [2.05, 4.69) is 0 Å². The monoisotopic (exact) mass is 378 g/mol. The molecule has 0 saturated carbocycles. The fourth-order valence-corrected chi connectivity index (χ4v) is 2.90. The number of aryl methyl sites for hydroxylation is 2. The molecule has 0 bridgehead atoms. The second-order valence-electron chi connectivity index (χ2n) is 6.47. The number of phenolic OH excluding ortho intramolecular Hbond substituents is 3. The van der Waals surface area contributed by atoms with Crippen molar-refractivity contribution in [3.63, 3.8) is 0 Å². The molecule has 0 aromatic heterocycles. The highest BCUT2D eigenvalue weighted by molar-refractivity contribution is 5.43. The summed E-state index contributed by atoms with van der Waals surface area (Å²) in [5.41, 5.74) is 1.30. The Balaban J connectivity index is 1.75. The Labute approximate surface area is 155 Å². The normalized spacial score (nSPS) is 25.3. The molecule has 3 rings (SSSR count). The standard InChI is InChI=1S/C19H22O8/c20-12-5-3-10(14(22)7-12)1-2-11-4-6-13(21)8-16(11)27-19-18(25)17(24)15(23)9-26-19/h3-8,15,17-25H,1-2,9H2/t15-,17+,18-,19+/m1/s1. The van der Waals surface area contributed by atoms with Gasteiger partial charge < -0.3 is 40.1 Å². The van der Waals surface area contributed by atoms with Gasteiger partial charge in [0.1, 0.15) is 41.3 Å². The second-order valence-corrected chi connectivity index (χ2v) is 6.47. The van der Waals surface area contributed by atoms with E-state index >= 15 is 0 Å². The molecule has 0 spiro atoms. The van der Waals surface area contributed by atoms with Gasteiger partial charge >= 0.3 is 0 Å². The van der Waals surface area contributed by atoms with Gasteiger partial charge in [-0.1, -0.05) is 12.1 Å². The van der Waals surface area contributed by atoms with Crippen LogP contribution in [0, 0.1) is 0 Å². The smallest absolute Gasteiger partial charge is 0.228 e. The van der Waals surface area contributed by atoms with Gasteiger partial charge in [-0.3, -0.25) is 0 Å². The van der Waals surface area contributed by atoms with Gasteiger partial charge in [-0.2, -0.15) is 0 Å². The Kier molecular flexibility index (Phi) is 5.71. The molecular formula is C19H22O8. The predicted molar refractivity (Wildman–Crippen MR) is 93.7 cm³/mol. The van der Waals surface area contributed by atoms with Crippen LogP contribution in [0.4, 0.5) is 0 Å². The minimum atomic E-state index is -1.45. The summed E-state index contributed by atoms with van der Waals surface area (Å²) < 4.78 is 10.9. The minimum absolute atomic E-state index is 0.0283. The molecule has 1 aliphatic heterocycles. The van der Waals surface area contributed by atoms with Crippen molar-refractivity contribution in [2.75, 3.05) is 6.61 Å². The van der Waals surface area contributed by atoms with Crippen molar-refractivity contribution >= 4 is 0 Å². The molecule has 8 heteroatoms. The largest absolute Gasteiger partial charge is 0.508 e. The van der Waals surface area contributed by atoms with Crippen molar-refractivity contribution < 1.29 is 40.1 Å². The maximum Gasteiger partial charge on any atom is 0.228 e. The highest BCUT2D eigenvalue weighted by Crippen LogP contribution is 2.30. The number of aliphatic hydroxyl groups is 3. The van der Waals surface area contributed by atoms with E-state index in [1.807, 2.05) is 0 Å². The molecule has 0 radical (unpaired) electrons. The van der Waals surface area contributed by atoms with Crippen molar-refractivity contribution in [3.8, 4) is 23.0 Å². The first-order chi connectivity index (χ1) is 12.8. The fourth-order valence-electron chi connectivity index (χ4n) is 2.90. The average molecular weight is 378 g/mol. The molecule has 1 saturated heterocycles. The lowest BCUT2D eigenvalue weighted by Crippen LogP contribution is -2.54. The van der Waals surface area contributed by atoms with E-state index < -0.39 is 24.6 Å². The van der Waals surface area contributed by atoms with Crippen LogP contribution < -0.4 is 4.74 Å². The molecule has 27 heavy (non-hydrogen) atoms. The predicted octanol–water partition coefficient (Wildman–Crippen LogP) is 0.406. The van der Waals surface area contributed by atoms with E-state index in [0.29, 0.717) is 24.0 Å².